The lowest BCUT2D eigenvalue weighted by Gasteiger charge is -2.15. The number of nitrogens with one attached hydrogen (secondary N) is 4. The van der Waals surface area contributed by atoms with E-state index in [1.165, 1.54) is 6.33 Å². The fraction of sp³-hybridized carbons (Fsp3) is 0.600. The zero-order valence-corrected chi connectivity index (χ0v) is 13.4. The number of rotatable bonds is 5. The first-order chi connectivity index (χ1) is 11.0. The van der Waals surface area contributed by atoms with Crippen LogP contribution in [0.2, 0.25) is 0 Å². The molecule has 0 aromatic carbocycles. The molecule has 0 saturated carbocycles. The van der Waals surface area contributed by atoms with Crippen molar-refractivity contribution < 1.29 is 14.4 Å². The first kappa shape index (κ1) is 17.0. The Labute approximate surface area is 134 Å². The lowest BCUT2D eigenvalue weighted by atomic mass is 10.1. The molecule has 1 atom stereocenters. The van der Waals surface area contributed by atoms with Crippen LogP contribution in [0.5, 0.6) is 0 Å². The van der Waals surface area contributed by atoms with Gasteiger partial charge < -0.3 is 20.9 Å². The Balaban J connectivity index is 2.03. The fourth-order valence-electron chi connectivity index (χ4n) is 2.33. The molecule has 1 aromatic rings. The summed E-state index contributed by atoms with van der Waals surface area (Å²) in [6.07, 6.45) is 3.62. The van der Waals surface area contributed by atoms with Gasteiger partial charge in [-0.15, -0.1) is 0 Å². The van der Waals surface area contributed by atoms with Gasteiger partial charge in [0.25, 0.3) is 11.8 Å². The zero-order valence-electron chi connectivity index (χ0n) is 13.4. The lowest BCUT2D eigenvalue weighted by Crippen LogP contribution is -2.46. The Morgan fingerprint density at radius 3 is 2.87 bits per heavy atom. The Morgan fingerprint density at radius 1 is 1.35 bits per heavy atom. The van der Waals surface area contributed by atoms with Crippen LogP contribution in [0, 0.1) is 5.92 Å². The van der Waals surface area contributed by atoms with Crippen molar-refractivity contribution in [3.8, 4) is 0 Å². The molecule has 1 saturated heterocycles. The molecule has 8 heteroatoms. The highest BCUT2D eigenvalue weighted by molar-refractivity contribution is 6.05. The van der Waals surface area contributed by atoms with Crippen LogP contribution in [0.3, 0.4) is 0 Å². The first-order valence-corrected chi connectivity index (χ1v) is 7.89. The van der Waals surface area contributed by atoms with Crippen LogP contribution in [-0.2, 0) is 4.79 Å². The van der Waals surface area contributed by atoms with E-state index in [0.717, 1.165) is 12.8 Å². The minimum absolute atomic E-state index is 0.00306. The lowest BCUT2D eigenvalue weighted by molar-refractivity contribution is -0.122. The topological polar surface area (TPSA) is 116 Å². The summed E-state index contributed by atoms with van der Waals surface area (Å²) in [5.41, 5.74) is 0.112. The van der Waals surface area contributed by atoms with Gasteiger partial charge in [-0.3, -0.25) is 14.4 Å². The third-order valence-electron chi connectivity index (χ3n) is 3.59. The summed E-state index contributed by atoms with van der Waals surface area (Å²) >= 11 is 0. The number of amides is 3. The summed E-state index contributed by atoms with van der Waals surface area (Å²) in [4.78, 5) is 42.9. The quantitative estimate of drug-likeness (QED) is 0.619. The van der Waals surface area contributed by atoms with Crippen molar-refractivity contribution in [3.05, 3.63) is 17.7 Å². The number of imidazole rings is 1. The highest BCUT2D eigenvalue weighted by atomic mass is 16.2. The van der Waals surface area contributed by atoms with Crippen molar-refractivity contribution in [3.63, 3.8) is 0 Å². The molecule has 0 bridgehead atoms. The molecule has 2 rings (SSSR count). The number of carbonyl (C=O) groups excluding carboxylic acids is 3. The fourth-order valence-corrected chi connectivity index (χ4v) is 2.33. The van der Waals surface area contributed by atoms with Gasteiger partial charge in [0, 0.05) is 13.1 Å². The molecule has 1 fully saturated rings. The SMILES string of the molecule is CC(C)CNC(=O)c1[nH]cnc1C(=O)NC1CCCCNC1=O. The first-order valence-electron chi connectivity index (χ1n) is 7.89. The van der Waals surface area contributed by atoms with E-state index >= 15 is 0 Å². The maximum Gasteiger partial charge on any atom is 0.272 e. The van der Waals surface area contributed by atoms with Gasteiger partial charge in [-0.1, -0.05) is 13.8 Å². The second kappa shape index (κ2) is 7.75. The van der Waals surface area contributed by atoms with Crippen LogP contribution in [0.15, 0.2) is 6.33 Å². The molecule has 23 heavy (non-hydrogen) atoms. The molecule has 2 heterocycles. The van der Waals surface area contributed by atoms with Crippen molar-refractivity contribution >= 4 is 17.7 Å². The van der Waals surface area contributed by atoms with Crippen LogP contribution in [0.1, 0.15) is 54.1 Å². The number of carbonyl (C=O) groups is 3. The van der Waals surface area contributed by atoms with Crippen molar-refractivity contribution in [2.45, 2.75) is 39.2 Å². The highest BCUT2D eigenvalue weighted by Crippen LogP contribution is 2.08. The average molecular weight is 321 g/mol. The third-order valence-corrected chi connectivity index (χ3v) is 3.59. The second-order valence-electron chi connectivity index (χ2n) is 6.04. The summed E-state index contributed by atoms with van der Waals surface area (Å²) in [7, 11) is 0. The maximum atomic E-state index is 12.3. The molecule has 126 valence electrons. The largest absolute Gasteiger partial charge is 0.354 e. The molecule has 1 aliphatic heterocycles. The molecular weight excluding hydrogens is 298 g/mol. The number of H-pyrrole nitrogens is 1. The number of hydrogen-bond donors (Lipinski definition) is 4. The van der Waals surface area contributed by atoms with Crippen LogP contribution in [0.4, 0.5) is 0 Å². The second-order valence-corrected chi connectivity index (χ2v) is 6.04. The van der Waals surface area contributed by atoms with E-state index in [0.29, 0.717) is 25.4 Å². The highest BCUT2D eigenvalue weighted by Gasteiger charge is 2.26. The molecule has 0 spiro atoms. The molecule has 0 aliphatic carbocycles. The van der Waals surface area contributed by atoms with E-state index in [-0.39, 0.29) is 23.2 Å². The predicted molar refractivity (Wildman–Crippen MR) is 83.9 cm³/mol. The number of aromatic nitrogens is 2. The van der Waals surface area contributed by atoms with Gasteiger partial charge in [0.1, 0.15) is 11.7 Å². The zero-order chi connectivity index (χ0) is 16.8. The molecule has 1 aliphatic rings. The minimum atomic E-state index is -0.590. The van der Waals surface area contributed by atoms with E-state index in [1.54, 1.807) is 0 Å². The smallest absolute Gasteiger partial charge is 0.272 e. The van der Waals surface area contributed by atoms with Gasteiger partial charge in [-0.05, 0) is 25.2 Å². The summed E-state index contributed by atoms with van der Waals surface area (Å²) in [6.45, 7) is 5.08. The third kappa shape index (κ3) is 4.54. The van der Waals surface area contributed by atoms with E-state index in [2.05, 4.69) is 25.9 Å². The van der Waals surface area contributed by atoms with Gasteiger partial charge in [-0.25, -0.2) is 4.98 Å². The van der Waals surface area contributed by atoms with Gasteiger partial charge >= 0.3 is 0 Å². The predicted octanol–water partition coefficient (Wildman–Crippen LogP) is 0.194. The van der Waals surface area contributed by atoms with E-state index in [9.17, 15) is 14.4 Å². The molecule has 4 N–H and O–H groups in total. The van der Waals surface area contributed by atoms with Crippen molar-refractivity contribution in [2.75, 3.05) is 13.1 Å². The Bertz CT molecular complexity index is 581. The summed E-state index contributed by atoms with van der Waals surface area (Å²) in [5, 5.41) is 8.14. The van der Waals surface area contributed by atoms with Crippen LogP contribution in [0.25, 0.3) is 0 Å². The Morgan fingerprint density at radius 2 is 2.13 bits per heavy atom. The van der Waals surface area contributed by atoms with Gasteiger partial charge in [0.15, 0.2) is 5.69 Å². The average Bonchev–Trinajstić information content (AvgIpc) is 2.92. The monoisotopic (exact) mass is 321 g/mol. The molecule has 1 unspecified atom stereocenters. The van der Waals surface area contributed by atoms with Crippen LogP contribution >= 0.6 is 0 Å². The maximum absolute atomic E-state index is 12.3. The Kier molecular flexibility index (Phi) is 5.72. The minimum Gasteiger partial charge on any atom is -0.354 e. The number of hydrogen-bond acceptors (Lipinski definition) is 4. The molecule has 8 nitrogen and oxygen atoms in total. The normalized spacial score (nSPS) is 18.2. The van der Waals surface area contributed by atoms with Crippen LogP contribution < -0.4 is 16.0 Å². The standard InChI is InChI=1S/C15H23N5O3/c1-9(2)7-17-14(22)11-12(19-8-18-11)15(23)20-10-5-3-4-6-16-13(10)21/h8-10H,3-7H2,1-2H3,(H,16,21)(H,17,22)(H,18,19)(H,20,23). The number of aromatic amines is 1. The summed E-state index contributed by atoms with van der Waals surface area (Å²) in [6, 6.07) is -0.590. The molecule has 3 amide bonds. The van der Waals surface area contributed by atoms with E-state index in [1.807, 2.05) is 13.8 Å². The van der Waals surface area contributed by atoms with E-state index in [4.69, 9.17) is 0 Å². The van der Waals surface area contributed by atoms with Gasteiger partial charge in [0.05, 0.1) is 6.33 Å². The van der Waals surface area contributed by atoms with Gasteiger partial charge in [0.2, 0.25) is 5.91 Å². The van der Waals surface area contributed by atoms with E-state index < -0.39 is 11.9 Å². The summed E-state index contributed by atoms with van der Waals surface area (Å²) in [5.74, 6) is -0.805. The van der Waals surface area contributed by atoms with Crippen molar-refractivity contribution in [1.82, 2.24) is 25.9 Å². The number of nitrogens with zero attached hydrogens (tertiary/aromatic N) is 1. The summed E-state index contributed by atoms with van der Waals surface area (Å²) < 4.78 is 0. The molecule has 0 radical (unpaired) electrons. The van der Waals surface area contributed by atoms with Gasteiger partial charge in [-0.2, -0.15) is 0 Å². The van der Waals surface area contributed by atoms with Crippen molar-refractivity contribution in [1.29, 1.82) is 0 Å². The van der Waals surface area contributed by atoms with Crippen LogP contribution in [-0.4, -0.2) is 46.8 Å². The molecular formula is C15H23N5O3. The Hall–Kier alpha value is -2.38. The van der Waals surface area contributed by atoms with Crippen molar-refractivity contribution in [2.24, 2.45) is 5.92 Å². The molecule has 1 aromatic heterocycles.